The van der Waals surface area contributed by atoms with Crippen molar-refractivity contribution in [2.24, 2.45) is 0 Å². The third-order valence-corrected chi connectivity index (χ3v) is 11.9. The van der Waals surface area contributed by atoms with Crippen molar-refractivity contribution in [2.75, 3.05) is 59.5 Å². The molecule has 0 amide bonds. The lowest BCUT2D eigenvalue weighted by atomic mass is 9.80. The minimum Gasteiger partial charge on any atom is -0.481 e. The Bertz CT molecular complexity index is 1530. The molecule has 0 aromatic heterocycles. The number of aliphatic carboxylic acids is 1. The molecule has 4 rings (SSSR count). The number of aryl methyl sites for hydroxylation is 2. The number of nitrogens with zero attached hydrogens (tertiary/aromatic N) is 4. The molecule has 348 valence electrons. The summed E-state index contributed by atoms with van der Waals surface area (Å²) in [6, 6.07) is 16.5. The number of carbonyl (C=O) groups excluding carboxylic acids is 1. The topological polar surface area (TPSA) is 137 Å². The van der Waals surface area contributed by atoms with Gasteiger partial charge in [-0.25, -0.2) is 0 Å². The van der Waals surface area contributed by atoms with Gasteiger partial charge >= 0.3 is 11.9 Å². The number of anilines is 2. The van der Waals surface area contributed by atoms with Gasteiger partial charge < -0.3 is 35.2 Å². The first kappa shape index (κ1) is 55.1. The van der Waals surface area contributed by atoms with Gasteiger partial charge in [0.15, 0.2) is 0 Å². The number of aliphatic hydroxyl groups excluding tert-OH is 1. The van der Waals surface area contributed by atoms with E-state index in [1.807, 2.05) is 79.7 Å². The van der Waals surface area contributed by atoms with Crippen molar-refractivity contribution in [3.05, 3.63) is 59.7 Å². The van der Waals surface area contributed by atoms with Gasteiger partial charge in [-0.1, -0.05) is 24.3 Å². The summed E-state index contributed by atoms with van der Waals surface area (Å²) < 4.78 is 5.74. The number of rotatable bonds is 19. The maximum absolute atomic E-state index is 12.4. The van der Waals surface area contributed by atoms with Gasteiger partial charge in [0.25, 0.3) is 0 Å². The maximum Gasteiger partial charge on any atom is 0.306 e. The minimum absolute atomic E-state index is 0.162. The van der Waals surface area contributed by atoms with E-state index in [2.05, 4.69) is 34.1 Å². The lowest BCUT2D eigenvalue weighted by Gasteiger charge is -2.50. The fourth-order valence-electron chi connectivity index (χ4n) is 8.50. The van der Waals surface area contributed by atoms with Crippen molar-refractivity contribution in [3.8, 4) is 0 Å². The zero-order valence-electron chi connectivity index (χ0n) is 37.8. The number of ether oxygens (including phenoxy) is 1. The van der Waals surface area contributed by atoms with Crippen LogP contribution in [0, 0.1) is 0 Å². The number of carboxylic acids is 1. The molecule has 0 radical (unpaired) electrons. The number of benzene rings is 2. The number of aliphatic hydroxyl groups is 1. The van der Waals surface area contributed by atoms with Crippen LogP contribution >= 0.6 is 46.4 Å². The fraction of sp³-hybridized carbons (Fsp3) is 0.696. The van der Waals surface area contributed by atoms with Crippen molar-refractivity contribution in [1.29, 1.82) is 0 Å². The van der Waals surface area contributed by atoms with E-state index in [0.29, 0.717) is 62.0 Å². The van der Waals surface area contributed by atoms with Crippen LogP contribution in [0.25, 0.3) is 0 Å². The van der Waals surface area contributed by atoms with Gasteiger partial charge in [-0.2, -0.15) is 10.1 Å². The molecule has 61 heavy (non-hydrogen) atoms. The van der Waals surface area contributed by atoms with E-state index < -0.39 is 17.0 Å². The first-order valence-electron chi connectivity index (χ1n) is 21.5. The first-order chi connectivity index (χ1) is 28.5. The number of piperidine rings is 2. The summed E-state index contributed by atoms with van der Waals surface area (Å²) in [5.74, 6) is 1.35. The Morgan fingerprint density at radius 3 is 1.26 bits per heavy atom. The van der Waals surface area contributed by atoms with E-state index in [4.69, 9.17) is 56.2 Å². The molecule has 2 aliphatic rings. The summed E-state index contributed by atoms with van der Waals surface area (Å²) in [5.41, 5.74) is 3.08. The number of alkyl halides is 4. The zero-order chi connectivity index (χ0) is 46.0. The number of carbonyl (C=O) groups is 2. The fourth-order valence-corrected chi connectivity index (χ4v) is 9.32. The van der Waals surface area contributed by atoms with Crippen LogP contribution in [-0.2, 0) is 27.2 Å². The quantitative estimate of drug-likeness (QED) is 0.0792. The van der Waals surface area contributed by atoms with Crippen molar-refractivity contribution in [1.82, 2.24) is 10.1 Å². The molecule has 0 bridgehead atoms. The van der Waals surface area contributed by atoms with Crippen molar-refractivity contribution in [2.45, 2.75) is 154 Å². The molecule has 0 unspecified atom stereocenters. The molecule has 4 N–H and O–H groups in total. The third kappa shape index (κ3) is 18.9. The maximum atomic E-state index is 12.4. The number of carboxylic acid groups (broad SMARTS) is 1. The summed E-state index contributed by atoms with van der Waals surface area (Å²) in [5, 5.41) is 41.1. The number of esters is 1. The summed E-state index contributed by atoms with van der Waals surface area (Å²) in [6.07, 6.45) is 5.70. The summed E-state index contributed by atoms with van der Waals surface area (Å²) in [4.78, 5) is 27.1. The highest BCUT2D eigenvalue weighted by Gasteiger charge is 2.46. The van der Waals surface area contributed by atoms with Crippen LogP contribution < -0.4 is 9.80 Å². The molecule has 2 aromatic carbocycles. The van der Waals surface area contributed by atoms with Crippen LogP contribution in [-0.4, -0.2) is 127 Å². The Labute approximate surface area is 386 Å². The van der Waals surface area contributed by atoms with E-state index in [0.717, 1.165) is 62.4 Å². The Hall–Kier alpha value is -2.06. The Balaban J connectivity index is 0.000000351. The highest BCUT2D eigenvalue weighted by molar-refractivity contribution is 6.19. The average molecular weight is 937 g/mol. The van der Waals surface area contributed by atoms with E-state index in [1.165, 1.54) is 15.7 Å². The molecule has 2 aliphatic heterocycles. The van der Waals surface area contributed by atoms with Crippen LogP contribution in [0.5, 0.6) is 0 Å². The molecule has 0 saturated carbocycles. The van der Waals surface area contributed by atoms with E-state index >= 15 is 0 Å². The van der Waals surface area contributed by atoms with E-state index in [9.17, 15) is 25.1 Å². The van der Waals surface area contributed by atoms with Crippen LogP contribution in [0.3, 0.4) is 0 Å². The Morgan fingerprint density at radius 2 is 0.934 bits per heavy atom. The molecular weight excluding hydrogens is 862 g/mol. The smallest absolute Gasteiger partial charge is 0.306 e. The van der Waals surface area contributed by atoms with Crippen LogP contribution in [0.15, 0.2) is 48.5 Å². The predicted molar refractivity (Wildman–Crippen MR) is 252 cm³/mol. The van der Waals surface area contributed by atoms with Crippen molar-refractivity contribution < 1.29 is 35.0 Å². The highest BCUT2D eigenvalue weighted by atomic mass is 35.5. The third-order valence-electron chi connectivity index (χ3n) is 11.2. The molecule has 2 saturated heterocycles. The van der Waals surface area contributed by atoms with Gasteiger partial charge in [0.05, 0.1) is 6.10 Å². The second kappa shape index (κ2) is 26.0. The highest BCUT2D eigenvalue weighted by Crippen LogP contribution is 2.38. The molecule has 2 fully saturated rings. The van der Waals surface area contributed by atoms with Gasteiger partial charge in [-0.3, -0.25) is 9.59 Å². The van der Waals surface area contributed by atoms with Gasteiger partial charge in [-0.15, -0.1) is 46.4 Å². The number of hydrogen-bond acceptors (Lipinski definition) is 10. The standard InChI is InChI=1S/C23H36Cl2N2O3.C14H19Cl2NO2.C9H19NO2/c1-22(2)16-20(17-23(3,4)27(22)29)30-21(28)7-5-6-18-8-10-19(11-9-18)26(14-12-24)15-13-25;15-8-10-17(11-9-16)13-6-4-12(5-7-13)2-1-3-14(18)19;1-8(2)5-7(11)6-9(3,4)10(8)12/h8-11,20,29H,5-7,12-17H2,1-4H3;4-7H,1-3,8-11H2,(H,18,19);7,11-12H,5-6H2,1-4H3. The lowest BCUT2D eigenvalue weighted by molar-refractivity contribution is -0.259. The summed E-state index contributed by atoms with van der Waals surface area (Å²) in [7, 11) is 0. The van der Waals surface area contributed by atoms with Crippen molar-refractivity contribution in [3.63, 3.8) is 0 Å². The lowest BCUT2D eigenvalue weighted by Crippen LogP contribution is -2.60. The van der Waals surface area contributed by atoms with Crippen LogP contribution in [0.1, 0.15) is 118 Å². The molecule has 2 heterocycles. The predicted octanol–water partition coefficient (Wildman–Crippen LogP) is 10.0. The van der Waals surface area contributed by atoms with Gasteiger partial charge in [0.1, 0.15) is 6.10 Å². The normalized spacial score (nSPS) is 18.5. The molecule has 0 atom stereocenters. The second-order valence-corrected chi connectivity index (χ2v) is 20.1. The second-order valence-electron chi connectivity index (χ2n) is 18.6. The minimum atomic E-state index is -0.743. The number of hydroxylamine groups is 4. The first-order valence-corrected chi connectivity index (χ1v) is 23.6. The SMILES string of the molecule is CC1(C)CC(O)CC(C)(C)N1O.CC1(C)CC(OC(=O)CCCc2ccc(N(CCCl)CCCl)cc2)CC(C)(C)N1O.O=C(O)CCCc1ccc(N(CCCl)CCCl)cc1. The molecule has 0 spiro atoms. The van der Waals surface area contributed by atoms with Gasteiger partial charge in [-0.05, 0) is 129 Å². The summed E-state index contributed by atoms with van der Waals surface area (Å²) in [6.45, 7) is 18.7. The largest absolute Gasteiger partial charge is 0.481 e. The number of hydrogen-bond donors (Lipinski definition) is 4. The molecule has 0 aliphatic carbocycles. The van der Waals surface area contributed by atoms with Gasteiger partial charge in [0, 0.05) is 109 Å². The monoisotopic (exact) mass is 934 g/mol. The molecule has 11 nitrogen and oxygen atoms in total. The molecule has 2 aromatic rings. The number of halogens is 4. The Kier molecular flexibility index (Phi) is 23.5. The van der Waals surface area contributed by atoms with E-state index in [1.54, 1.807) is 0 Å². The zero-order valence-corrected chi connectivity index (χ0v) is 40.8. The molecular formula is C46H74Cl4N4O7. The van der Waals surface area contributed by atoms with E-state index in [-0.39, 0.29) is 35.7 Å². The molecule has 15 heteroatoms. The summed E-state index contributed by atoms with van der Waals surface area (Å²) >= 11 is 23.3. The van der Waals surface area contributed by atoms with Crippen LogP contribution in [0.4, 0.5) is 11.4 Å². The van der Waals surface area contributed by atoms with Crippen molar-refractivity contribution >= 4 is 69.7 Å². The van der Waals surface area contributed by atoms with Gasteiger partial charge in [0.2, 0.25) is 0 Å². The average Bonchev–Trinajstić information content (AvgIpc) is 3.16. The Morgan fingerprint density at radius 1 is 0.607 bits per heavy atom. The van der Waals surface area contributed by atoms with Crippen LogP contribution in [0.2, 0.25) is 0 Å².